The van der Waals surface area contributed by atoms with Crippen LogP contribution in [0, 0.1) is 11.8 Å². The lowest BCUT2D eigenvalue weighted by molar-refractivity contribution is -0.138. The summed E-state index contributed by atoms with van der Waals surface area (Å²) < 4.78 is 7.20. The molecule has 27 heavy (non-hydrogen) atoms. The molecule has 142 valence electrons. The van der Waals surface area contributed by atoms with Gasteiger partial charge < -0.3 is 4.43 Å². The molecule has 3 atom stereocenters. The lowest BCUT2D eigenvalue weighted by atomic mass is 9.64. The zero-order chi connectivity index (χ0) is 19.1. The summed E-state index contributed by atoms with van der Waals surface area (Å²) in [4.78, 5) is 12.1. The van der Waals surface area contributed by atoms with Crippen molar-refractivity contribution in [1.82, 2.24) is 0 Å². The van der Waals surface area contributed by atoms with E-state index >= 15 is 0 Å². The van der Waals surface area contributed by atoms with Crippen molar-refractivity contribution in [1.29, 1.82) is 0 Å². The molecule has 0 N–H and O–H groups in total. The molecule has 2 fully saturated rings. The van der Waals surface area contributed by atoms with Crippen molar-refractivity contribution in [2.24, 2.45) is 11.8 Å². The maximum absolute atomic E-state index is 12.1. The highest BCUT2D eigenvalue weighted by Gasteiger charge is 2.53. The van der Waals surface area contributed by atoms with Crippen LogP contribution < -0.4 is 10.4 Å². The van der Waals surface area contributed by atoms with Gasteiger partial charge in [-0.1, -0.05) is 81.4 Å². The number of hydrogen-bond acceptors (Lipinski definition) is 2. The molecule has 0 aromatic heterocycles. The van der Waals surface area contributed by atoms with E-state index in [1.165, 1.54) is 10.4 Å². The van der Waals surface area contributed by atoms with E-state index < -0.39 is 8.32 Å². The first kappa shape index (κ1) is 18.6. The van der Waals surface area contributed by atoms with Crippen molar-refractivity contribution in [3.8, 4) is 0 Å². The van der Waals surface area contributed by atoms with Gasteiger partial charge in [0, 0.05) is 18.4 Å². The minimum absolute atomic E-state index is 0.00379. The zero-order valence-corrected chi connectivity index (χ0v) is 17.7. The third-order valence-electron chi connectivity index (χ3n) is 6.58. The molecule has 0 saturated heterocycles. The van der Waals surface area contributed by atoms with Gasteiger partial charge >= 0.3 is 0 Å². The summed E-state index contributed by atoms with van der Waals surface area (Å²) in [6, 6.07) is 21.6. The lowest BCUT2D eigenvalue weighted by Crippen LogP contribution is -2.68. The van der Waals surface area contributed by atoms with Crippen LogP contribution >= 0.6 is 0 Å². The van der Waals surface area contributed by atoms with Crippen LogP contribution in [0.1, 0.15) is 46.5 Å². The van der Waals surface area contributed by atoms with Crippen LogP contribution in [0.2, 0.25) is 5.04 Å². The molecule has 0 heterocycles. The van der Waals surface area contributed by atoms with E-state index in [4.69, 9.17) is 4.43 Å². The molecule has 3 heteroatoms. The summed E-state index contributed by atoms with van der Waals surface area (Å²) in [6.07, 6.45) is 4.12. The summed E-state index contributed by atoms with van der Waals surface area (Å²) in [5.74, 6) is 1.33. The Kier molecular flexibility index (Phi) is 4.85. The van der Waals surface area contributed by atoms with Crippen molar-refractivity contribution in [3.05, 3.63) is 60.7 Å². The van der Waals surface area contributed by atoms with Gasteiger partial charge in [-0.15, -0.1) is 0 Å². The SMILES string of the molecule is CC(C)(C)[Si](O[C@H]1CC[C@H]2CC(=O)[C@H]2C1)(c1ccccc1)c1ccccc1. The van der Waals surface area contributed by atoms with E-state index in [0.717, 1.165) is 25.7 Å². The number of fused-ring (bicyclic) bond motifs is 1. The maximum Gasteiger partial charge on any atom is 0.261 e. The van der Waals surface area contributed by atoms with Crippen LogP contribution in [0.15, 0.2) is 60.7 Å². The van der Waals surface area contributed by atoms with E-state index in [1.54, 1.807) is 0 Å². The minimum atomic E-state index is -2.50. The number of Topliss-reactive ketones (excluding diaryl/α,β-unsaturated/α-hetero) is 1. The van der Waals surface area contributed by atoms with Gasteiger partial charge in [0.15, 0.2) is 0 Å². The molecular weight excluding hydrogens is 348 g/mol. The van der Waals surface area contributed by atoms with Gasteiger partial charge in [-0.2, -0.15) is 0 Å². The van der Waals surface area contributed by atoms with Crippen molar-refractivity contribution in [2.45, 2.75) is 57.6 Å². The smallest absolute Gasteiger partial charge is 0.261 e. The highest BCUT2D eigenvalue weighted by molar-refractivity contribution is 6.99. The molecule has 2 saturated carbocycles. The molecule has 2 aliphatic rings. The standard InChI is InChI=1S/C24H30O2Si/c1-24(2,3)27(20-10-6-4-7-11-20,21-12-8-5-9-13-21)26-19-15-14-18-16-23(25)22(18)17-19/h4-13,18-19,22H,14-17H2,1-3H3/t18-,19-,22-/m0/s1. The Morgan fingerprint density at radius 2 is 1.44 bits per heavy atom. The van der Waals surface area contributed by atoms with Crippen molar-refractivity contribution < 1.29 is 9.22 Å². The lowest BCUT2D eigenvalue weighted by Gasteiger charge is -2.49. The first-order valence-electron chi connectivity index (χ1n) is 10.2. The Bertz CT molecular complexity index is 755. The van der Waals surface area contributed by atoms with E-state index in [9.17, 15) is 4.79 Å². The van der Waals surface area contributed by atoms with E-state index in [-0.39, 0.29) is 17.1 Å². The van der Waals surface area contributed by atoms with Crippen LogP contribution in [-0.2, 0) is 9.22 Å². The number of carbonyl (C=O) groups is 1. The monoisotopic (exact) mass is 378 g/mol. The quantitative estimate of drug-likeness (QED) is 0.741. The van der Waals surface area contributed by atoms with Crippen LogP contribution in [-0.4, -0.2) is 20.2 Å². The number of rotatable bonds is 4. The highest BCUT2D eigenvalue weighted by Crippen LogP contribution is 2.45. The van der Waals surface area contributed by atoms with Crippen molar-refractivity contribution in [3.63, 3.8) is 0 Å². The molecule has 0 spiro atoms. The van der Waals surface area contributed by atoms with Gasteiger partial charge in [0.1, 0.15) is 5.78 Å². The first-order chi connectivity index (χ1) is 12.9. The van der Waals surface area contributed by atoms with Crippen LogP contribution in [0.5, 0.6) is 0 Å². The topological polar surface area (TPSA) is 26.3 Å². The van der Waals surface area contributed by atoms with Gasteiger partial charge in [0.2, 0.25) is 0 Å². The van der Waals surface area contributed by atoms with E-state index in [2.05, 4.69) is 81.4 Å². The van der Waals surface area contributed by atoms with Gasteiger partial charge in [-0.05, 0) is 40.6 Å². The second-order valence-electron chi connectivity index (χ2n) is 9.25. The third-order valence-corrected chi connectivity index (χ3v) is 11.7. The number of hydrogen-bond donors (Lipinski definition) is 0. The van der Waals surface area contributed by atoms with Crippen molar-refractivity contribution >= 4 is 24.5 Å². The summed E-state index contributed by atoms with van der Waals surface area (Å²) in [5.41, 5.74) is 0. The molecule has 2 aromatic rings. The maximum atomic E-state index is 12.1. The average Bonchev–Trinajstić information content (AvgIpc) is 2.66. The molecule has 2 aromatic carbocycles. The van der Waals surface area contributed by atoms with Gasteiger partial charge in [-0.25, -0.2) is 0 Å². The Morgan fingerprint density at radius 1 is 0.889 bits per heavy atom. The molecular formula is C24H30O2Si. The Hall–Kier alpha value is -1.71. The van der Waals surface area contributed by atoms with Gasteiger partial charge in [0.05, 0.1) is 0 Å². The van der Waals surface area contributed by atoms with E-state index in [0.29, 0.717) is 11.7 Å². The highest BCUT2D eigenvalue weighted by atomic mass is 28.4. The molecule has 0 amide bonds. The normalized spacial score (nSPS) is 25.6. The van der Waals surface area contributed by atoms with Crippen molar-refractivity contribution in [2.75, 3.05) is 0 Å². The molecule has 0 radical (unpaired) electrons. The Labute approximate surface area is 164 Å². The predicted molar refractivity (Wildman–Crippen MR) is 113 cm³/mol. The molecule has 0 aliphatic heterocycles. The second-order valence-corrected chi connectivity index (χ2v) is 13.5. The minimum Gasteiger partial charge on any atom is -0.404 e. The fourth-order valence-electron chi connectivity index (χ4n) is 5.13. The van der Waals surface area contributed by atoms with E-state index in [1.807, 2.05) is 0 Å². The van der Waals surface area contributed by atoms with Gasteiger partial charge in [-0.3, -0.25) is 4.79 Å². The molecule has 2 nitrogen and oxygen atoms in total. The number of benzene rings is 2. The second kappa shape index (κ2) is 7.03. The van der Waals surface area contributed by atoms with Crippen LogP contribution in [0.25, 0.3) is 0 Å². The van der Waals surface area contributed by atoms with Crippen LogP contribution in [0.3, 0.4) is 0 Å². The molecule has 0 unspecified atom stereocenters. The number of ketones is 1. The Balaban J connectivity index is 1.77. The first-order valence-corrected chi connectivity index (χ1v) is 12.1. The average molecular weight is 379 g/mol. The number of carbonyl (C=O) groups excluding carboxylic acids is 1. The fraction of sp³-hybridized carbons (Fsp3) is 0.458. The fourth-order valence-corrected chi connectivity index (χ4v) is 9.86. The van der Waals surface area contributed by atoms with Crippen LogP contribution in [0.4, 0.5) is 0 Å². The summed E-state index contributed by atoms with van der Waals surface area (Å²) in [6.45, 7) is 6.96. The summed E-state index contributed by atoms with van der Waals surface area (Å²) in [5, 5.41) is 2.65. The summed E-state index contributed by atoms with van der Waals surface area (Å²) in [7, 11) is -2.50. The third kappa shape index (κ3) is 3.21. The molecule has 0 bridgehead atoms. The molecule has 2 aliphatic carbocycles. The predicted octanol–water partition coefficient (Wildman–Crippen LogP) is 4.32. The summed E-state index contributed by atoms with van der Waals surface area (Å²) >= 11 is 0. The Morgan fingerprint density at radius 3 is 1.93 bits per heavy atom. The molecule has 4 rings (SSSR count). The van der Waals surface area contributed by atoms with Gasteiger partial charge in [0.25, 0.3) is 8.32 Å². The largest absolute Gasteiger partial charge is 0.404 e. The zero-order valence-electron chi connectivity index (χ0n) is 16.7.